The number of thiazole rings is 1. The monoisotopic (exact) mass is 455 g/mol. The summed E-state index contributed by atoms with van der Waals surface area (Å²) in [5.41, 5.74) is 2.23. The van der Waals surface area contributed by atoms with Gasteiger partial charge in [-0.3, -0.25) is 9.78 Å². The molecule has 0 radical (unpaired) electrons. The van der Waals surface area contributed by atoms with E-state index in [-0.39, 0.29) is 17.4 Å². The van der Waals surface area contributed by atoms with Crippen molar-refractivity contribution in [3.63, 3.8) is 0 Å². The Bertz CT molecular complexity index is 1030. The number of H-pyrrole nitrogens is 1. The number of nitrogens with zero attached hydrogens (tertiary/aromatic N) is 1. The smallest absolute Gasteiger partial charge is 0.307 e. The minimum atomic E-state index is -0.543. The summed E-state index contributed by atoms with van der Waals surface area (Å²) < 4.78 is 5.61. The second-order valence-electron chi connectivity index (χ2n) is 8.08. The highest BCUT2D eigenvalue weighted by Crippen LogP contribution is 2.24. The topological polar surface area (TPSA) is 97.8 Å². The summed E-state index contributed by atoms with van der Waals surface area (Å²) in [5, 5.41) is 23.4. The Kier molecular flexibility index (Phi) is 7.47. The molecular weight excluding hydrogens is 426 g/mol. The first-order valence-electron chi connectivity index (χ1n) is 10.9. The van der Waals surface area contributed by atoms with Gasteiger partial charge in [0.25, 0.3) is 0 Å². The summed E-state index contributed by atoms with van der Waals surface area (Å²) in [6, 6.07) is 18.2. The lowest BCUT2D eigenvalue weighted by Crippen LogP contribution is -2.45. The number of aliphatic hydroxyl groups is 1. The molecule has 1 aliphatic rings. The average Bonchev–Trinajstić information content (AvgIpc) is 3.14. The highest BCUT2D eigenvalue weighted by molar-refractivity contribution is 7.09. The van der Waals surface area contributed by atoms with Crippen LogP contribution in [0, 0.1) is 0 Å². The van der Waals surface area contributed by atoms with E-state index in [2.05, 4.69) is 27.3 Å². The Labute approximate surface area is 191 Å². The molecule has 7 nitrogen and oxygen atoms in total. The van der Waals surface area contributed by atoms with Gasteiger partial charge in [-0.15, -0.1) is 0 Å². The number of ether oxygens (including phenoxy) is 1. The van der Waals surface area contributed by atoms with Gasteiger partial charge < -0.3 is 25.2 Å². The molecule has 32 heavy (non-hydrogen) atoms. The summed E-state index contributed by atoms with van der Waals surface area (Å²) in [5.74, 6) is 0.738. The maximum Gasteiger partial charge on any atom is 0.307 e. The van der Waals surface area contributed by atoms with E-state index in [1.54, 1.807) is 0 Å². The van der Waals surface area contributed by atoms with E-state index >= 15 is 0 Å². The van der Waals surface area contributed by atoms with E-state index < -0.39 is 6.10 Å². The first kappa shape index (κ1) is 22.4. The second kappa shape index (κ2) is 10.7. The van der Waals surface area contributed by atoms with Crippen LogP contribution in [-0.4, -0.2) is 53.6 Å². The predicted octanol–water partition coefficient (Wildman–Crippen LogP) is 2.73. The molecule has 0 amide bonds. The number of aromatic amines is 1. The predicted molar refractivity (Wildman–Crippen MR) is 127 cm³/mol. The van der Waals surface area contributed by atoms with E-state index in [4.69, 9.17) is 4.74 Å². The number of anilines is 1. The van der Waals surface area contributed by atoms with Crippen molar-refractivity contribution >= 4 is 17.0 Å². The molecule has 1 aliphatic heterocycles. The van der Waals surface area contributed by atoms with Gasteiger partial charge in [-0.2, -0.15) is 0 Å². The number of hydrogen-bond donors (Lipinski definition) is 4. The number of hydrogen-bond acceptors (Lipinski definition) is 7. The van der Waals surface area contributed by atoms with Crippen molar-refractivity contribution in [3.8, 4) is 11.6 Å². The van der Waals surface area contributed by atoms with Crippen LogP contribution < -0.4 is 19.8 Å². The molecule has 170 valence electrons. The van der Waals surface area contributed by atoms with Crippen molar-refractivity contribution in [2.75, 3.05) is 31.1 Å². The molecule has 1 aromatic heterocycles. The molecule has 0 aliphatic carbocycles. The zero-order chi connectivity index (χ0) is 22.3. The molecule has 8 heteroatoms. The number of aliphatic hydroxyl groups excluding tert-OH is 1. The average molecular weight is 456 g/mol. The van der Waals surface area contributed by atoms with Gasteiger partial charge in [0.1, 0.15) is 18.5 Å². The molecule has 0 unspecified atom stereocenters. The van der Waals surface area contributed by atoms with Gasteiger partial charge in [0, 0.05) is 37.8 Å². The van der Waals surface area contributed by atoms with Crippen LogP contribution in [0.15, 0.2) is 59.4 Å². The molecule has 1 saturated heterocycles. The van der Waals surface area contributed by atoms with Gasteiger partial charge in [-0.1, -0.05) is 41.7 Å². The molecule has 1 atom stereocenters. The number of piperidine rings is 1. The Morgan fingerprint density at radius 3 is 2.50 bits per heavy atom. The van der Waals surface area contributed by atoms with E-state index in [0.29, 0.717) is 23.9 Å². The van der Waals surface area contributed by atoms with Gasteiger partial charge in [-0.25, -0.2) is 0 Å². The maximum atomic E-state index is 11.3. The number of nitrogens with one attached hydrogen (secondary N) is 2. The zero-order valence-corrected chi connectivity index (χ0v) is 18.7. The zero-order valence-electron chi connectivity index (χ0n) is 17.9. The van der Waals surface area contributed by atoms with Crippen LogP contribution in [0.3, 0.4) is 0 Å². The lowest BCUT2D eigenvalue weighted by Gasteiger charge is -2.34. The normalized spacial score (nSPS) is 15.6. The van der Waals surface area contributed by atoms with Crippen molar-refractivity contribution in [1.29, 1.82) is 0 Å². The quantitative estimate of drug-likeness (QED) is 0.396. The van der Waals surface area contributed by atoms with E-state index in [1.807, 2.05) is 42.5 Å². The lowest BCUT2D eigenvalue weighted by molar-refractivity contribution is 0.102. The Hall–Kier alpha value is -2.81. The minimum absolute atomic E-state index is 0.0320. The third kappa shape index (κ3) is 6.12. The van der Waals surface area contributed by atoms with Gasteiger partial charge in [0.2, 0.25) is 5.88 Å². The highest BCUT2D eigenvalue weighted by Gasteiger charge is 2.20. The number of aromatic hydroxyl groups is 1. The van der Waals surface area contributed by atoms with Gasteiger partial charge in [0.05, 0.1) is 4.88 Å². The minimum Gasteiger partial charge on any atom is -0.494 e. The number of aromatic nitrogens is 1. The fourth-order valence-corrected chi connectivity index (χ4v) is 4.65. The van der Waals surface area contributed by atoms with Crippen LogP contribution in [0.5, 0.6) is 11.6 Å². The molecule has 3 aromatic rings. The second-order valence-corrected chi connectivity index (χ2v) is 9.14. The van der Waals surface area contributed by atoms with Gasteiger partial charge >= 0.3 is 4.87 Å². The molecular formula is C24H29N3O4S. The van der Waals surface area contributed by atoms with Crippen LogP contribution in [0.2, 0.25) is 0 Å². The summed E-state index contributed by atoms with van der Waals surface area (Å²) in [6.45, 7) is 2.70. The van der Waals surface area contributed by atoms with Crippen LogP contribution in [-0.2, 0) is 6.42 Å². The third-order valence-corrected chi connectivity index (χ3v) is 6.56. The summed E-state index contributed by atoms with van der Waals surface area (Å²) in [6.07, 6.45) is 2.02. The van der Waals surface area contributed by atoms with Crippen molar-refractivity contribution in [2.24, 2.45) is 0 Å². The Balaban J connectivity index is 1.19. The number of rotatable bonds is 9. The fraction of sp³-hybridized carbons (Fsp3) is 0.375. The van der Waals surface area contributed by atoms with Crippen LogP contribution >= 0.6 is 11.3 Å². The molecule has 0 saturated carbocycles. The first-order chi connectivity index (χ1) is 15.6. The SMILES string of the molecule is O=c1[nH]c(O)c(Cc2ccc(N3CCC(NC[C@H](O)COc4ccccc4)CC3)cc2)s1. The summed E-state index contributed by atoms with van der Waals surface area (Å²) in [4.78, 5) is 16.5. The summed E-state index contributed by atoms with van der Waals surface area (Å²) >= 11 is 1.05. The van der Waals surface area contributed by atoms with Crippen LogP contribution in [0.1, 0.15) is 23.3 Å². The van der Waals surface area contributed by atoms with Crippen molar-refractivity contribution in [3.05, 3.63) is 74.7 Å². The van der Waals surface area contributed by atoms with Crippen LogP contribution in [0.4, 0.5) is 5.69 Å². The number of para-hydroxylation sites is 1. The molecule has 1 fully saturated rings. The molecule has 2 heterocycles. The third-order valence-electron chi connectivity index (χ3n) is 5.69. The molecule has 4 N–H and O–H groups in total. The van der Waals surface area contributed by atoms with Crippen molar-refractivity contribution < 1.29 is 14.9 Å². The molecule has 4 rings (SSSR count). The maximum absolute atomic E-state index is 11.3. The van der Waals surface area contributed by atoms with Crippen LogP contribution in [0.25, 0.3) is 0 Å². The first-order valence-corrected chi connectivity index (χ1v) is 11.7. The summed E-state index contributed by atoms with van der Waals surface area (Å²) in [7, 11) is 0. The van der Waals surface area contributed by atoms with Gasteiger partial charge in [-0.05, 0) is 42.7 Å². The largest absolute Gasteiger partial charge is 0.494 e. The Morgan fingerprint density at radius 2 is 1.84 bits per heavy atom. The van der Waals surface area contributed by atoms with Crippen molar-refractivity contribution in [1.82, 2.24) is 10.3 Å². The van der Waals surface area contributed by atoms with Crippen molar-refractivity contribution in [2.45, 2.75) is 31.4 Å². The molecule has 2 aromatic carbocycles. The fourth-order valence-electron chi connectivity index (χ4n) is 3.89. The van der Waals surface area contributed by atoms with E-state index in [9.17, 15) is 15.0 Å². The van der Waals surface area contributed by atoms with E-state index in [1.165, 1.54) is 5.69 Å². The van der Waals surface area contributed by atoms with Gasteiger partial charge in [0.15, 0.2) is 0 Å². The standard InChI is InChI=1S/C24H29N3O4S/c28-20(16-31-21-4-2-1-3-5-21)15-25-18-10-12-27(13-11-18)19-8-6-17(7-9-19)14-22-23(29)26-24(30)32-22/h1-9,18,20,25,28-29H,10-16H2,(H,26,30)/t20-/m0/s1. The molecule has 0 bridgehead atoms. The molecule has 0 spiro atoms. The number of benzene rings is 2. The Morgan fingerprint density at radius 1 is 1.12 bits per heavy atom. The lowest BCUT2D eigenvalue weighted by atomic mass is 10.0. The highest BCUT2D eigenvalue weighted by atomic mass is 32.1. The van der Waals surface area contributed by atoms with E-state index in [0.717, 1.165) is 48.6 Å².